The lowest BCUT2D eigenvalue weighted by Gasteiger charge is -2.30. The second-order valence-electron chi connectivity index (χ2n) is 17.6. The van der Waals surface area contributed by atoms with Gasteiger partial charge in [0.1, 0.15) is 0 Å². The fourth-order valence-corrected chi connectivity index (χ4v) is 12.2. The standard InChI is InChI=1S/C61H37N3/c1-9-25-51-41(17-1)42-18-2-10-26-52(42)61(51)53-27-11-3-19-43(53)49-37-60-50(36-54(49)61)48-24-8-16-32-59(48)64(60)40-34-38(62-55-28-12-4-20-44(55)45-21-5-13-29-56(45)62)33-39(35-40)63-57-30-14-6-22-46(57)47-23-7-15-31-58(47)63/h1-37H. The molecule has 0 aliphatic heterocycles. The number of hydrogen-bond donors (Lipinski definition) is 0. The first kappa shape index (κ1) is 34.2. The fourth-order valence-electron chi connectivity index (χ4n) is 12.2. The lowest BCUT2D eigenvalue weighted by molar-refractivity contribution is 0.795. The summed E-state index contributed by atoms with van der Waals surface area (Å²) in [6.45, 7) is 0. The van der Waals surface area contributed by atoms with Crippen LogP contribution in [-0.2, 0) is 5.41 Å². The number of benzene rings is 10. The Morgan fingerprint density at radius 2 is 0.516 bits per heavy atom. The molecular formula is C61H37N3. The van der Waals surface area contributed by atoms with Crippen LogP contribution in [0.4, 0.5) is 0 Å². The monoisotopic (exact) mass is 811 g/mol. The summed E-state index contributed by atoms with van der Waals surface area (Å²) in [5, 5.41) is 7.48. The minimum atomic E-state index is -0.420. The molecule has 0 fully saturated rings. The van der Waals surface area contributed by atoms with Crippen molar-refractivity contribution in [2.24, 2.45) is 0 Å². The number of rotatable bonds is 3. The van der Waals surface area contributed by atoms with E-state index in [1.165, 1.54) is 110 Å². The molecule has 0 saturated heterocycles. The molecule has 0 N–H and O–H groups in total. The maximum Gasteiger partial charge on any atom is 0.0725 e. The van der Waals surface area contributed by atoms with Crippen molar-refractivity contribution in [1.29, 1.82) is 0 Å². The van der Waals surface area contributed by atoms with Crippen LogP contribution in [0.1, 0.15) is 22.3 Å². The number of aromatic nitrogens is 3. The van der Waals surface area contributed by atoms with E-state index in [2.05, 4.69) is 238 Å². The molecule has 2 aliphatic rings. The molecule has 0 saturated carbocycles. The number of hydrogen-bond acceptors (Lipinski definition) is 0. The Balaban J connectivity index is 1.08. The summed E-state index contributed by atoms with van der Waals surface area (Å²) < 4.78 is 7.46. The van der Waals surface area contributed by atoms with Crippen LogP contribution in [0.25, 0.3) is 105 Å². The van der Waals surface area contributed by atoms with Crippen LogP contribution in [-0.4, -0.2) is 13.7 Å². The molecule has 13 aromatic rings. The van der Waals surface area contributed by atoms with Crippen molar-refractivity contribution in [3.8, 4) is 39.3 Å². The Kier molecular flexibility index (Phi) is 6.61. The van der Waals surface area contributed by atoms with E-state index in [1.807, 2.05) is 0 Å². The van der Waals surface area contributed by atoms with Crippen molar-refractivity contribution in [3.63, 3.8) is 0 Å². The van der Waals surface area contributed by atoms with Crippen LogP contribution in [0.2, 0.25) is 0 Å². The quantitative estimate of drug-likeness (QED) is 0.169. The predicted molar refractivity (Wildman–Crippen MR) is 266 cm³/mol. The normalized spacial score (nSPS) is 13.4. The first-order valence-corrected chi connectivity index (χ1v) is 22.3. The molecule has 1 spiro atoms. The van der Waals surface area contributed by atoms with Gasteiger partial charge in [-0.15, -0.1) is 0 Å². The highest BCUT2D eigenvalue weighted by Gasteiger charge is 2.51. The molecule has 0 atom stereocenters. The summed E-state index contributed by atoms with van der Waals surface area (Å²) in [5.41, 5.74) is 20.7. The van der Waals surface area contributed by atoms with E-state index in [1.54, 1.807) is 0 Å². The van der Waals surface area contributed by atoms with Crippen LogP contribution in [0.5, 0.6) is 0 Å². The van der Waals surface area contributed by atoms with Crippen LogP contribution in [0, 0.1) is 0 Å². The molecule has 15 rings (SSSR count). The Morgan fingerprint density at radius 3 is 0.906 bits per heavy atom. The van der Waals surface area contributed by atoms with Crippen LogP contribution >= 0.6 is 0 Å². The average molecular weight is 812 g/mol. The largest absolute Gasteiger partial charge is 0.309 e. The molecule has 3 aromatic heterocycles. The van der Waals surface area contributed by atoms with Gasteiger partial charge in [-0.25, -0.2) is 0 Å². The Hall–Kier alpha value is -8.40. The summed E-state index contributed by atoms with van der Waals surface area (Å²) in [7, 11) is 0. The van der Waals surface area contributed by atoms with Crippen molar-refractivity contribution < 1.29 is 0 Å². The van der Waals surface area contributed by atoms with Gasteiger partial charge < -0.3 is 13.7 Å². The van der Waals surface area contributed by atoms with Gasteiger partial charge >= 0.3 is 0 Å². The molecule has 296 valence electrons. The summed E-state index contributed by atoms with van der Waals surface area (Å²) in [4.78, 5) is 0. The molecule has 10 aromatic carbocycles. The topological polar surface area (TPSA) is 14.8 Å². The molecule has 2 aliphatic carbocycles. The third-order valence-electron chi connectivity index (χ3n) is 14.6. The zero-order valence-electron chi connectivity index (χ0n) is 34.7. The SMILES string of the molecule is c1ccc2c(c1)-c1ccccc1C21c2ccccc2-c2cc3c(cc21)c1ccccc1n3-c1cc(-n2c3ccccc3c3ccccc32)cc(-n2c3ccccc3c3ccccc32)c1. The second-order valence-corrected chi connectivity index (χ2v) is 17.6. The highest BCUT2D eigenvalue weighted by Crippen LogP contribution is 2.63. The van der Waals surface area contributed by atoms with E-state index in [4.69, 9.17) is 0 Å². The Morgan fingerprint density at radius 1 is 0.219 bits per heavy atom. The maximum absolute atomic E-state index is 2.55. The van der Waals surface area contributed by atoms with Crippen LogP contribution < -0.4 is 0 Å². The van der Waals surface area contributed by atoms with Crippen molar-refractivity contribution in [2.45, 2.75) is 5.41 Å². The van der Waals surface area contributed by atoms with Crippen molar-refractivity contribution in [2.75, 3.05) is 0 Å². The number of para-hydroxylation sites is 5. The molecule has 3 nitrogen and oxygen atoms in total. The fraction of sp³-hybridized carbons (Fsp3) is 0.0164. The Labute approximate surface area is 368 Å². The minimum Gasteiger partial charge on any atom is -0.309 e. The molecule has 3 heteroatoms. The first-order valence-electron chi connectivity index (χ1n) is 22.3. The number of nitrogens with zero attached hydrogens (tertiary/aromatic N) is 3. The van der Waals surface area contributed by atoms with E-state index >= 15 is 0 Å². The second kappa shape index (κ2) is 12.4. The van der Waals surface area contributed by atoms with Gasteiger partial charge in [0, 0.05) is 32.3 Å². The minimum absolute atomic E-state index is 0.420. The van der Waals surface area contributed by atoms with Crippen molar-refractivity contribution in [3.05, 3.63) is 247 Å². The lowest BCUT2D eigenvalue weighted by atomic mass is 9.70. The van der Waals surface area contributed by atoms with E-state index in [9.17, 15) is 0 Å². The molecule has 0 amide bonds. The lowest BCUT2D eigenvalue weighted by Crippen LogP contribution is -2.25. The highest BCUT2D eigenvalue weighted by molar-refractivity contribution is 6.14. The van der Waals surface area contributed by atoms with Gasteiger partial charge in [-0.1, -0.05) is 164 Å². The van der Waals surface area contributed by atoms with Gasteiger partial charge in [-0.05, 0) is 105 Å². The number of fused-ring (bicyclic) bond motifs is 19. The Bertz CT molecular complexity index is 3870. The predicted octanol–water partition coefficient (Wildman–Crippen LogP) is 15.3. The van der Waals surface area contributed by atoms with Gasteiger partial charge in [-0.2, -0.15) is 0 Å². The highest BCUT2D eigenvalue weighted by atomic mass is 15.0. The van der Waals surface area contributed by atoms with Crippen LogP contribution in [0.3, 0.4) is 0 Å². The molecule has 0 radical (unpaired) electrons. The summed E-state index contributed by atoms with van der Waals surface area (Å²) in [6.07, 6.45) is 0. The smallest absolute Gasteiger partial charge is 0.0725 e. The van der Waals surface area contributed by atoms with E-state index in [0.29, 0.717) is 0 Å². The van der Waals surface area contributed by atoms with E-state index in [0.717, 1.165) is 17.1 Å². The van der Waals surface area contributed by atoms with Gasteiger partial charge in [0.2, 0.25) is 0 Å². The zero-order chi connectivity index (χ0) is 41.7. The first-order chi connectivity index (χ1) is 31.8. The van der Waals surface area contributed by atoms with E-state index < -0.39 is 5.41 Å². The molecule has 3 heterocycles. The summed E-state index contributed by atoms with van der Waals surface area (Å²) >= 11 is 0. The van der Waals surface area contributed by atoms with Gasteiger partial charge in [0.05, 0.1) is 55.6 Å². The van der Waals surface area contributed by atoms with Crippen molar-refractivity contribution in [1.82, 2.24) is 13.7 Å². The van der Waals surface area contributed by atoms with Crippen molar-refractivity contribution >= 4 is 65.4 Å². The molecule has 0 bridgehead atoms. The van der Waals surface area contributed by atoms with Gasteiger partial charge in [0.15, 0.2) is 0 Å². The maximum atomic E-state index is 2.55. The van der Waals surface area contributed by atoms with Gasteiger partial charge in [0.25, 0.3) is 0 Å². The van der Waals surface area contributed by atoms with Crippen LogP contribution in [0.15, 0.2) is 224 Å². The zero-order valence-corrected chi connectivity index (χ0v) is 34.7. The molecule has 64 heavy (non-hydrogen) atoms. The third-order valence-corrected chi connectivity index (χ3v) is 14.6. The third kappa shape index (κ3) is 4.21. The molecule has 0 unspecified atom stereocenters. The summed E-state index contributed by atoms with van der Waals surface area (Å²) in [6, 6.07) is 83.9. The van der Waals surface area contributed by atoms with E-state index in [-0.39, 0.29) is 0 Å². The average Bonchev–Trinajstić information content (AvgIpc) is 4.13. The summed E-state index contributed by atoms with van der Waals surface area (Å²) in [5.74, 6) is 0. The van der Waals surface area contributed by atoms with Gasteiger partial charge in [-0.3, -0.25) is 0 Å². The molecular weight excluding hydrogens is 775 g/mol.